The van der Waals surface area contributed by atoms with Gasteiger partial charge >= 0.3 is 6.03 Å². The van der Waals surface area contributed by atoms with Crippen LogP contribution >= 0.6 is 0 Å². The van der Waals surface area contributed by atoms with Crippen molar-refractivity contribution < 1.29 is 14.0 Å². The van der Waals surface area contributed by atoms with Gasteiger partial charge in [0.05, 0.1) is 13.2 Å². The maximum absolute atomic E-state index is 12.5. The normalized spacial score (nSPS) is 19.2. The number of urea groups is 1. The van der Waals surface area contributed by atoms with Gasteiger partial charge in [-0.3, -0.25) is 9.69 Å². The number of carbonyl (C=O) groups is 2. The first kappa shape index (κ1) is 17.7. The molecule has 126 valence electrons. The molecular weight excluding hydrogens is 308 g/mol. The lowest BCUT2D eigenvalue weighted by atomic mass is 10.2. The third-order valence-corrected chi connectivity index (χ3v) is 9.21. The van der Waals surface area contributed by atoms with E-state index in [-0.39, 0.29) is 23.6 Å². The van der Waals surface area contributed by atoms with Crippen molar-refractivity contribution in [3.05, 3.63) is 35.9 Å². The molecule has 0 radical (unpaired) electrons. The van der Waals surface area contributed by atoms with Crippen LogP contribution < -0.4 is 5.32 Å². The summed E-state index contributed by atoms with van der Waals surface area (Å²) < 4.78 is 6.07. The highest BCUT2D eigenvalue weighted by Crippen LogP contribution is 2.36. The van der Waals surface area contributed by atoms with Gasteiger partial charge in [0.25, 0.3) is 5.91 Å². The van der Waals surface area contributed by atoms with Crippen LogP contribution in [-0.4, -0.2) is 37.8 Å². The van der Waals surface area contributed by atoms with E-state index < -0.39 is 14.4 Å². The van der Waals surface area contributed by atoms with Crippen LogP contribution in [-0.2, 0) is 15.8 Å². The van der Waals surface area contributed by atoms with E-state index in [0.717, 1.165) is 5.56 Å². The average Bonchev–Trinajstić information content (AvgIpc) is 2.73. The molecule has 1 aromatic rings. The fourth-order valence-corrected chi connectivity index (χ4v) is 3.13. The predicted molar refractivity (Wildman–Crippen MR) is 92.5 cm³/mol. The molecule has 1 heterocycles. The highest BCUT2D eigenvalue weighted by molar-refractivity contribution is 6.74. The Hall–Kier alpha value is -1.66. The molecule has 23 heavy (non-hydrogen) atoms. The topological polar surface area (TPSA) is 58.6 Å². The highest BCUT2D eigenvalue weighted by Gasteiger charge is 2.42. The molecule has 1 saturated heterocycles. The Kier molecular flexibility index (Phi) is 4.96. The molecule has 0 saturated carbocycles. The van der Waals surface area contributed by atoms with E-state index in [1.165, 1.54) is 4.90 Å². The smallest absolute Gasteiger partial charge is 0.325 e. The zero-order chi connectivity index (χ0) is 17.3. The molecule has 2 rings (SSSR count). The van der Waals surface area contributed by atoms with Crippen LogP contribution in [0.2, 0.25) is 18.1 Å². The minimum absolute atomic E-state index is 0.0718. The number of hydrogen-bond acceptors (Lipinski definition) is 3. The van der Waals surface area contributed by atoms with Gasteiger partial charge in [-0.05, 0) is 23.7 Å². The van der Waals surface area contributed by atoms with Gasteiger partial charge in [0.2, 0.25) is 0 Å². The fraction of sp³-hybridized carbons (Fsp3) is 0.529. The number of benzene rings is 1. The average molecular weight is 334 g/mol. The minimum Gasteiger partial charge on any atom is -0.414 e. The first-order chi connectivity index (χ1) is 10.6. The number of nitrogens with zero attached hydrogens (tertiary/aromatic N) is 1. The quantitative estimate of drug-likeness (QED) is 0.665. The lowest BCUT2D eigenvalue weighted by Crippen LogP contribution is -2.45. The van der Waals surface area contributed by atoms with Crippen molar-refractivity contribution >= 4 is 20.3 Å². The predicted octanol–water partition coefficient (Wildman–Crippen LogP) is 3.13. The summed E-state index contributed by atoms with van der Waals surface area (Å²) >= 11 is 0. The molecule has 5 nitrogen and oxygen atoms in total. The van der Waals surface area contributed by atoms with Crippen LogP contribution in [0.1, 0.15) is 26.3 Å². The SMILES string of the molecule is CC(C)(C)[Si](C)(C)OC[C@H]1NC(=O)N(Cc2ccccc2)C1=O. The third kappa shape index (κ3) is 4.00. The molecule has 0 spiro atoms. The highest BCUT2D eigenvalue weighted by atomic mass is 28.4. The summed E-state index contributed by atoms with van der Waals surface area (Å²) in [6.07, 6.45) is 0. The fourth-order valence-electron chi connectivity index (χ4n) is 2.11. The Balaban J connectivity index is 1.99. The number of nitrogens with one attached hydrogen (secondary N) is 1. The van der Waals surface area contributed by atoms with Crippen molar-refractivity contribution in [2.24, 2.45) is 0 Å². The number of imide groups is 1. The van der Waals surface area contributed by atoms with Crippen LogP contribution in [0.15, 0.2) is 30.3 Å². The molecular formula is C17H26N2O3Si. The van der Waals surface area contributed by atoms with Gasteiger partial charge in [0, 0.05) is 0 Å². The Labute approximate surface area is 139 Å². The van der Waals surface area contributed by atoms with Crippen LogP contribution in [0, 0.1) is 0 Å². The van der Waals surface area contributed by atoms with Crippen molar-refractivity contribution in [3.63, 3.8) is 0 Å². The van der Waals surface area contributed by atoms with Gasteiger partial charge in [-0.2, -0.15) is 0 Å². The zero-order valence-electron chi connectivity index (χ0n) is 14.6. The van der Waals surface area contributed by atoms with Crippen LogP contribution in [0.5, 0.6) is 0 Å². The largest absolute Gasteiger partial charge is 0.414 e. The standard InChI is InChI=1S/C17H26N2O3Si/c1-17(2,3)23(4,5)22-12-14-15(20)19(16(21)18-14)11-13-9-7-6-8-10-13/h6-10,14H,11-12H2,1-5H3,(H,18,21)/t14-/m1/s1. The van der Waals surface area contributed by atoms with Crippen molar-refractivity contribution in [1.29, 1.82) is 0 Å². The third-order valence-electron chi connectivity index (χ3n) is 4.71. The van der Waals surface area contributed by atoms with Crippen molar-refractivity contribution in [2.75, 3.05) is 6.61 Å². The summed E-state index contributed by atoms with van der Waals surface area (Å²) in [6.45, 7) is 11.3. The van der Waals surface area contributed by atoms with Crippen LogP contribution in [0.4, 0.5) is 4.79 Å². The van der Waals surface area contributed by atoms with Gasteiger partial charge in [-0.25, -0.2) is 4.79 Å². The van der Waals surface area contributed by atoms with E-state index >= 15 is 0 Å². The summed E-state index contributed by atoms with van der Waals surface area (Å²) in [5.74, 6) is -0.211. The molecule has 1 aliphatic heterocycles. The second kappa shape index (κ2) is 6.45. The molecule has 0 bridgehead atoms. The van der Waals surface area contributed by atoms with E-state index in [0.29, 0.717) is 6.54 Å². The first-order valence-electron chi connectivity index (χ1n) is 7.91. The summed E-state index contributed by atoms with van der Waals surface area (Å²) in [7, 11) is -1.94. The van der Waals surface area contributed by atoms with Crippen LogP contribution in [0.25, 0.3) is 0 Å². The Bertz CT molecular complexity index is 581. The maximum atomic E-state index is 12.5. The molecule has 0 unspecified atom stereocenters. The van der Waals surface area contributed by atoms with Crippen molar-refractivity contribution in [1.82, 2.24) is 10.2 Å². The number of hydrogen-bond donors (Lipinski definition) is 1. The number of amides is 3. The van der Waals surface area contributed by atoms with E-state index in [1.807, 2.05) is 30.3 Å². The van der Waals surface area contributed by atoms with Gasteiger partial charge in [0.15, 0.2) is 8.32 Å². The second-order valence-corrected chi connectivity index (χ2v) is 12.3. The maximum Gasteiger partial charge on any atom is 0.325 e. The van der Waals surface area contributed by atoms with Gasteiger partial charge in [-0.15, -0.1) is 0 Å². The summed E-state index contributed by atoms with van der Waals surface area (Å²) in [4.78, 5) is 25.8. The molecule has 3 amide bonds. The monoisotopic (exact) mass is 334 g/mol. The van der Waals surface area contributed by atoms with Gasteiger partial charge in [0.1, 0.15) is 6.04 Å². The van der Waals surface area contributed by atoms with E-state index in [1.54, 1.807) is 0 Å². The lowest BCUT2D eigenvalue weighted by molar-refractivity contribution is -0.128. The summed E-state index contributed by atoms with van der Waals surface area (Å²) in [6, 6.07) is 8.58. The lowest BCUT2D eigenvalue weighted by Gasteiger charge is -2.36. The van der Waals surface area contributed by atoms with E-state index in [4.69, 9.17) is 4.43 Å². The van der Waals surface area contributed by atoms with Gasteiger partial charge < -0.3 is 9.74 Å². The molecule has 1 N–H and O–H groups in total. The number of carbonyl (C=O) groups excluding carboxylic acids is 2. The van der Waals surface area contributed by atoms with Crippen LogP contribution in [0.3, 0.4) is 0 Å². The zero-order valence-corrected chi connectivity index (χ0v) is 15.6. The summed E-state index contributed by atoms with van der Waals surface area (Å²) in [5.41, 5.74) is 0.932. The Morgan fingerprint density at radius 1 is 1.17 bits per heavy atom. The van der Waals surface area contributed by atoms with Gasteiger partial charge in [-0.1, -0.05) is 51.1 Å². The molecule has 6 heteroatoms. The number of rotatable bonds is 5. The molecule has 1 aromatic carbocycles. The molecule has 1 atom stereocenters. The first-order valence-corrected chi connectivity index (χ1v) is 10.8. The molecule has 1 aliphatic rings. The second-order valence-electron chi connectivity index (χ2n) is 7.48. The molecule has 0 aliphatic carbocycles. The minimum atomic E-state index is -1.94. The van der Waals surface area contributed by atoms with Crippen molar-refractivity contribution in [3.8, 4) is 0 Å². The Morgan fingerprint density at radius 2 is 1.78 bits per heavy atom. The Morgan fingerprint density at radius 3 is 2.35 bits per heavy atom. The molecule has 1 fully saturated rings. The summed E-state index contributed by atoms with van der Waals surface area (Å²) in [5, 5.41) is 2.80. The van der Waals surface area contributed by atoms with E-state index in [9.17, 15) is 9.59 Å². The molecule has 0 aromatic heterocycles. The van der Waals surface area contributed by atoms with Crippen molar-refractivity contribution in [2.45, 2.75) is 51.5 Å². The van der Waals surface area contributed by atoms with E-state index in [2.05, 4.69) is 39.2 Å².